The van der Waals surface area contributed by atoms with Crippen molar-refractivity contribution in [3.63, 3.8) is 0 Å². The molecular formula is C25H18Cl2F3N3O2. The van der Waals surface area contributed by atoms with Crippen LogP contribution in [0.2, 0.25) is 10.0 Å². The first-order valence-electron chi connectivity index (χ1n) is 10.3. The van der Waals surface area contributed by atoms with E-state index in [1.165, 1.54) is 30.1 Å². The molecule has 180 valence electrons. The molecule has 5 nitrogen and oxygen atoms in total. The highest BCUT2D eigenvalue weighted by molar-refractivity contribution is 6.34. The van der Waals surface area contributed by atoms with E-state index in [0.29, 0.717) is 15.4 Å². The first-order chi connectivity index (χ1) is 16.5. The van der Waals surface area contributed by atoms with Crippen molar-refractivity contribution >= 4 is 34.8 Å². The van der Waals surface area contributed by atoms with Gasteiger partial charge in [-0.3, -0.25) is 9.48 Å². The molecule has 1 aromatic heterocycles. The van der Waals surface area contributed by atoms with Gasteiger partial charge in [-0.05, 0) is 48.0 Å². The predicted molar refractivity (Wildman–Crippen MR) is 129 cm³/mol. The number of hydrogen-bond donors (Lipinski definition) is 1. The van der Waals surface area contributed by atoms with E-state index in [0.717, 1.165) is 11.6 Å². The molecule has 1 N–H and O–H groups in total. The number of anilines is 1. The molecule has 0 aliphatic rings. The third-order valence-corrected chi connectivity index (χ3v) is 5.92. The molecule has 4 rings (SSSR count). The highest BCUT2D eigenvalue weighted by Gasteiger charge is 2.35. The summed E-state index contributed by atoms with van der Waals surface area (Å²) in [6.45, 7) is 0.127. The lowest BCUT2D eigenvalue weighted by atomic mass is 10.1. The van der Waals surface area contributed by atoms with Gasteiger partial charge in [0.15, 0.2) is 0 Å². The first-order valence-corrected chi connectivity index (χ1v) is 11.1. The Morgan fingerprint density at radius 3 is 2.31 bits per heavy atom. The number of phenolic OH excluding ortho intramolecular Hbond substituents is 1. The van der Waals surface area contributed by atoms with Gasteiger partial charge in [0.2, 0.25) is 0 Å². The van der Waals surface area contributed by atoms with E-state index in [1.54, 1.807) is 48.5 Å². The van der Waals surface area contributed by atoms with Crippen molar-refractivity contribution in [2.24, 2.45) is 7.05 Å². The van der Waals surface area contributed by atoms with Crippen LogP contribution in [0.15, 0.2) is 72.8 Å². The third-order valence-electron chi connectivity index (χ3n) is 5.34. The Hall–Kier alpha value is -3.49. The van der Waals surface area contributed by atoms with Crippen LogP contribution in [0.1, 0.15) is 21.6 Å². The normalized spacial score (nSPS) is 11.5. The molecule has 0 fully saturated rings. The number of alkyl halides is 3. The average Bonchev–Trinajstić information content (AvgIpc) is 3.20. The van der Waals surface area contributed by atoms with E-state index in [9.17, 15) is 23.1 Å². The second-order valence-corrected chi connectivity index (χ2v) is 8.58. The zero-order valence-electron chi connectivity index (χ0n) is 18.2. The Labute approximate surface area is 208 Å². The van der Waals surface area contributed by atoms with E-state index in [1.807, 2.05) is 0 Å². The van der Waals surface area contributed by atoms with Gasteiger partial charge < -0.3 is 10.0 Å². The van der Waals surface area contributed by atoms with Crippen molar-refractivity contribution in [2.45, 2.75) is 12.7 Å². The van der Waals surface area contributed by atoms with Gasteiger partial charge in [0.1, 0.15) is 11.4 Å². The average molecular weight is 520 g/mol. The molecule has 0 aliphatic carbocycles. The second kappa shape index (κ2) is 9.64. The Kier molecular flexibility index (Phi) is 6.78. The summed E-state index contributed by atoms with van der Waals surface area (Å²) in [6.07, 6.45) is -4.59. The minimum Gasteiger partial charge on any atom is -0.507 e. The van der Waals surface area contributed by atoms with Gasteiger partial charge in [0, 0.05) is 29.4 Å². The van der Waals surface area contributed by atoms with Crippen LogP contribution in [0.25, 0.3) is 11.3 Å². The number of aryl methyl sites for hydroxylation is 1. The number of phenols is 1. The van der Waals surface area contributed by atoms with Gasteiger partial charge in [-0.15, -0.1) is 0 Å². The maximum Gasteiger partial charge on any atom is 0.433 e. The van der Waals surface area contributed by atoms with Crippen LogP contribution in [-0.4, -0.2) is 20.8 Å². The molecule has 10 heteroatoms. The molecule has 0 saturated heterocycles. The quantitative estimate of drug-likeness (QED) is 0.310. The van der Waals surface area contributed by atoms with Crippen LogP contribution in [0.3, 0.4) is 0 Å². The fourth-order valence-electron chi connectivity index (χ4n) is 3.60. The first kappa shape index (κ1) is 24.6. The van der Waals surface area contributed by atoms with E-state index in [-0.39, 0.29) is 34.1 Å². The number of benzene rings is 3. The summed E-state index contributed by atoms with van der Waals surface area (Å²) in [5.41, 5.74) is 0.429. The van der Waals surface area contributed by atoms with Crippen molar-refractivity contribution in [3.8, 4) is 17.0 Å². The lowest BCUT2D eigenvalue weighted by Gasteiger charge is -2.24. The molecule has 0 saturated carbocycles. The maximum absolute atomic E-state index is 13.5. The molecule has 35 heavy (non-hydrogen) atoms. The molecular weight excluding hydrogens is 502 g/mol. The highest BCUT2D eigenvalue weighted by atomic mass is 35.5. The monoisotopic (exact) mass is 519 g/mol. The molecule has 1 amide bonds. The van der Waals surface area contributed by atoms with Crippen molar-refractivity contribution in [1.82, 2.24) is 9.78 Å². The Morgan fingerprint density at radius 2 is 1.71 bits per heavy atom. The number of aromatic nitrogens is 2. The van der Waals surface area contributed by atoms with Gasteiger partial charge in [0.05, 0.1) is 22.8 Å². The molecule has 1 heterocycles. The summed E-state index contributed by atoms with van der Waals surface area (Å²) in [7, 11) is 1.17. The van der Waals surface area contributed by atoms with Crippen LogP contribution in [0, 0.1) is 0 Å². The molecule has 0 atom stereocenters. The number of nitrogens with zero attached hydrogens (tertiary/aromatic N) is 3. The summed E-state index contributed by atoms with van der Waals surface area (Å²) < 4.78 is 40.2. The molecule has 0 unspecified atom stereocenters. The Bertz CT molecular complexity index is 1390. The molecule has 0 spiro atoms. The van der Waals surface area contributed by atoms with Gasteiger partial charge in [0.25, 0.3) is 5.91 Å². The van der Waals surface area contributed by atoms with E-state index < -0.39 is 17.8 Å². The summed E-state index contributed by atoms with van der Waals surface area (Å²) in [6, 6.07) is 18.6. The van der Waals surface area contributed by atoms with Gasteiger partial charge in [-0.2, -0.15) is 18.3 Å². The number of carbonyl (C=O) groups is 1. The fourth-order valence-corrected chi connectivity index (χ4v) is 3.94. The second-order valence-electron chi connectivity index (χ2n) is 7.74. The minimum atomic E-state index is -4.59. The lowest BCUT2D eigenvalue weighted by Crippen LogP contribution is -2.30. The summed E-state index contributed by atoms with van der Waals surface area (Å²) in [5.74, 6) is -0.753. The van der Waals surface area contributed by atoms with Gasteiger partial charge in [-0.1, -0.05) is 47.5 Å². The standard InChI is InChI=1S/C25H18Cl2F3N3O2/c1-32-23(25(28,29)30)13-21(31-32)19-11-10-17(12-22(19)34)33(14-15-6-8-16(26)9-7-15)24(35)18-4-2-3-5-20(18)27/h2-13,34H,14H2,1H3. The summed E-state index contributed by atoms with van der Waals surface area (Å²) >= 11 is 12.2. The molecule has 4 aromatic rings. The predicted octanol–water partition coefficient (Wildman–Crippen LogP) is 6.97. The maximum atomic E-state index is 13.5. The van der Waals surface area contributed by atoms with Crippen LogP contribution in [-0.2, 0) is 19.8 Å². The molecule has 0 bridgehead atoms. The largest absolute Gasteiger partial charge is 0.507 e. The zero-order valence-corrected chi connectivity index (χ0v) is 19.7. The fraction of sp³-hybridized carbons (Fsp3) is 0.120. The number of aromatic hydroxyl groups is 1. The van der Waals surface area contributed by atoms with Crippen molar-refractivity contribution < 1.29 is 23.1 Å². The van der Waals surface area contributed by atoms with Crippen LogP contribution >= 0.6 is 23.2 Å². The van der Waals surface area contributed by atoms with E-state index in [2.05, 4.69) is 5.10 Å². The SMILES string of the molecule is Cn1nc(-c2ccc(N(Cc3ccc(Cl)cc3)C(=O)c3ccccc3Cl)cc2O)cc1C(F)(F)F. The number of carbonyl (C=O) groups excluding carboxylic acids is 1. The minimum absolute atomic E-state index is 0.0504. The van der Waals surface area contributed by atoms with Crippen molar-refractivity contribution in [3.05, 3.63) is 99.7 Å². The lowest BCUT2D eigenvalue weighted by molar-refractivity contribution is -0.143. The van der Waals surface area contributed by atoms with Crippen molar-refractivity contribution in [1.29, 1.82) is 0 Å². The number of hydrogen-bond acceptors (Lipinski definition) is 3. The summed E-state index contributed by atoms with van der Waals surface area (Å²) in [4.78, 5) is 14.9. The van der Waals surface area contributed by atoms with Crippen LogP contribution < -0.4 is 4.90 Å². The van der Waals surface area contributed by atoms with Crippen LogP contribution in [0.5, 0.6) is 5.75 Å². The van der Waals surface area contributed by atoms with Crippen LogP contribution in [0.4, 0.5) is 18.9 Å². The van der Waals surface area contributed by atoms with E-state index in [4.69, 9.17) is 23.2 Å². The molecule has 0 aliphatic heterocycles. The Morgan fingerprint density at radius 1 is 1.03 bits per heavy atom. The topological polar surface area (TPSA) is 58.4 Å². The molecule has 0 radical (unpaired) electrons. The number of amides is 1. The highest BCUT2D eigenvalue weighted by Crippen LogP contribution is 2.37. The summed E-state index contributed by atoms with van der Waals surface area (Å²) in [5, 5.41) is 15.4. The van der Waals surface area contributed by atoms with E-state index >= 15 is 0 Å². The number of halogens is 5. The van der Waals surface area contributed by atoms with Gasteiger partial charge >= 0.3 is 6.18 Å². The molecule has 3 aromatic carbocycles. The van der Waals surface area contributed by atoms with Gasteiger partial charge in [-0.25, -0.2) is 0 Å². The van der Waals surface area contributed by atoms with Crippen molar-refractivity contribution in [2.75, 3.05) is 4.90 Å². The zero-order chi connectivity index (χ0) is 25.3. The Balaban J connectivity index is 1.74. The third kappa shape index (κ3) is 5.28. The smallest absolute Gasteiger partial charge is 0.433 e. The number of rotatable bonds is 5.